The van der Waals surface area contributed by atoms with Crippen LogP contribution in [0.4, 0.5) is 10.1 Å². The number of hydrogen-bond donors (Lipinski definition) is 1. The van der Waals surface area contributed by atoms with Crippen LogP contribution in [0.2, 0.25) is 0 Å². The highest BCUT2D eigenvalue weighted by Crippen LogP contribution is 2.39. The fourth-order valence-corrected chi connectivity index (χ4v) is 4.08. The molecule has 0 amide bonds. The summed E-state index contributed by atoms with van der Waals surface area (Å²) in [5.41, 5.74) is 7.69. The van der Waals surface area contributed by atoms with E-state index >= 15 is 0 Å². The number of fused-ring (bicyclic) bond motifs is 1. The van der Waals surface area contributed by atoms with Gasteiger partial charge in [0.25, 0.3) is 0 Å². The van der Waals surface area contributed by atoms with Gasteiger partial charge in [-0.25, -0.2) is 9.37 Å². The molecule has 4 aromatic rings. The molecule has 0 aliphatic heterocycles. The molecule has 2 N–H and O–H groups in total. The summed E-state index contributed by atoms with van der Waals surface area (Å²) < 4.78 is 26.5. The number of nitrogens with zero attached hydrogens (tertiary/aromatic N) is 3. The monoisotopic (exact) mass is 438 g/mol. The predicted octanol–water partition coefficient (Wildman–Crippen LogP) is 5.20. The van der Waals surface area contributed by atoms with E-state index in [2.05, 4.69) is 14.9 Å². The lowest BCUT2D eigenvalue weighted by atomic mass is 10.2. The number of nitrogen functional groups attached to an aromatic ring is 1. The molecule has 0 radical (unpaired) electrons. The van der Waals surface area contributed by atoms with Crippen LogP contribution in [0.15, 0.2) is 54.9 Å². The zero-order valence-corrected chi connectivity index (χ0v) is 18.2. The van der Waals surface area contributed by atoms with Crippen molar-refractivity contribution < 1.29 is 13.9 Å². The second-order valence-corrected chi connectivity index (χ2v) is 8.37. The highest BCUT2D eigenvalue weighted by atomic mass is 32.1. The number of nitrogens with two attached hydrogens (primary N) is 1. The Balaban J connectivity index is 1.52. The Kier molecular flexibility index (Phi) is 6.29. The van der Waals surface area contributed by atoms with Crippen molar-refractivity contribution in [3.05, 3.63) is 60.7 Å². The summed E-state index contributed by atoms with van der Waals surface area (Å²) in [5, 5.41) is 0. The maximum Gasteiger partial charge on any atom is 0.213 e. The second-order valence-electron chi connectivity index (χ2n) is 7.32. The summed E-state index contributed by atoms with van der Waals surface area (Å²) in [6.07, 6.45) is 4.37. The van der Waals surface area contributed by atoms with Crippen LogP contribution in [0.25, 0.3) is 20.7 Å². The number of rotatable bonds is 8. The second kappa shape index (κ2) is 9.28. The van der Waals surface area contributed by atoms with Crippen molar-refractivity contribution in [2.75, 3.05) is 33.0 Å². The Morgan fingerprint density at radius 2 is 1.94 bits per heavy atom. The van der Waals surface area contributed by atoms with Crippen molar-refractivity contribution in [2.24, 2.45) is 0 Å². The molecule has 6 nitrogen and oxygen atoms in total. The molecule has 4 rings (SSSR count). The molecule has 0 fully saturated rings. The molecule has 0 aliphatic rings. The van der Waals surface area contributed by atoms with Gasteiger partial charge in [-0.3, -0.25) is 4.98 Å². The van der Waals surface area contributed by atoms with Crippen LogP contribution >= 0.6 is 11.3 Å². The summed E-state index contributed by atoms with van der Waals surface area (Å²) in [6, 6.07) is 11.9. The zero-order chi connectivity index (χ0) is 21.8. The normalized spacial score (nSPS) is 11.2. The highest BCUT2D eigenvalue weighted by molar-refractivity contribution is 7.22. The van der Waals surface area contributed by atoms with Crippen molar-refractivity contribution in [1.29, 1.82) is 0 Å². The Bertz CT molecular complexity index is 1180. The molecule has 0 saturated carbocycles. The Morgan fingerprint density at radius 3 is 2.68 bits per heavy atom. The number of aromatic nitrogens is 2. The number of halogens is 1. The van der Waals surface area contributed by atoms with Gasteiger partial charge in [0, 0.05) is 53.3 Å². The molecular weight excluding hydrogens is 415 g/mol. The molecule has 0 bridgehead atoms. The van der Waals surface area contributed by atoms with Crippen molar-refractivity contribution >= 4 is 27.2 Å². The van der Waals surface area contributed by atoms with Crippen LogP contribution in [-0.4, -0.2) is 42.1 Å². The summed E-state index contributed by atoms with van der Waals surface area (Å²) in [4.78, 5) is 11.9. The van der Waals surface area contributed by atoms with Crippen molar-refractivity contribution in [2.45, 2.75) is 6.42 Å². The average molecular weight is 439 g/mol. The number of thiophene rings is 1. The number of ether oxygens (including phenoxy) is 2. The molecule has 3 heterocycles. The van der Waals surface area contributed by atoms with Crippen LogP contribution in [0.1, 0.15) is 6.42 Å². The molecule has 3 aromatic heterocycles. The Hall–Kier alpha value is -3.23. The average Bonchev–Trinajstić information content (AvgIpc) is 3.19. The van der Waals surface area contributed by atoms with E-state index in [4.69, 9.17) is 15.2 Å². The van der Waals surface area contributed by atoms with Crippen LogP contribution < -0.4 is 15.2 Å². The fraction of sp³-hybridized carbons (Fsp3) is 0.217. The van der Waals surface area contributed by atoms with E-state index in [-0.39, 0.29) is 5.75 Å². The Labute approximate surface area is 184 Å². The minimum atomic E-state index is -0.507. The van der Waals surface area contributed by atoms with Crippen molar-refractivity contribution in [3.8, 4) is 27.8 Å². The zero-order valence-electron chi connectivity index (χ0n) is 17.3. The summed E-state index contributed by atoms with van der Waals surface area (Å²) in [5.74, 6) is 0.754. The van der Waals surface area contributed by atoms with Crippen LogP contribution in [0.3, 0.4) is 0 Å². The number of pyridine rings is 2. The molecule has 0 spiro atoms. The van der Waals surface area contributed by atoms with E-state index < -0.39 is 5.82 Å². The lowest BCUT2D eigenvalue weighted by Gasteiger charge is -2.09. The molecule has 1 aromatic carbocycles. The summed E-state index contributed by atoms with van der Waals surface area (Å²) >= 11 is 1.51. The van der Waals surface area contributed by atoms with Gasteiger partial charge in [-0.2, -0.15) is 0 Å². The van der Waals surface area contributed by atoms with E-state index in [0.29, 0.717) is 23.9 Å². The van der Waals surface area contributed by atoms with Gasteiger partial charge in [-0.15, -0.1) is 11.3 Å². The van der Waals surface area contributed by atoms with Gasteiger partial charge in [0.2, 0.25) is 5.88 Å². The van der Waals surface area contributed by atoms with Gasteiger partial charge >= 0.3 is 0 Å². The predicted molar refractivity (Wildman–Crippen MR) is 122 cm³/mol. The van der Waals surface area contributed by atoms with Crippen molar-refractivity contribution in [1.82, 2.24) is 14.9 Å². The SMILES string of the molecule is CN(C)CCCOc1ccc(-c2cc3nccc(Oc4ccc(N)cc4F)c3s2)cn1. The van der Waals surface area contributed by atoms with Crippen LogP contribution in [0.5, 0.6) is 17.4 Å². The molecule has 160 valence electrons. The standard InChI is InChI=1S/C23H23FN4O2S/c1-28(2)10-3-11-29-22-7-4-15(14-27-22)21-13-18-23(31-21)20(8-9-26-18)30-19-6-5-16(25)12-17(19)24/h4-9,12-14H,3,10-11,25H2,1-2H3. The van der Waals surface area contributed by atoms with Crippen molar-refractivity contribution in [3.63, 3.8) is 0 Å². The molecule has 0 aliphatic carbocycles. The highest BCUT2D eigenvalue weighted by Gasteiger charge is 2.13. The lowest BCUT2D eigenvalue weighted by molar-refractivity contribution is 0.273. The summed E-state index contributed by atoms with van der Waals surface area (Å²) in [6.45, 7) is 1.59. The van der Waals surface area contributed by atoms with E-state index in [0.717, 1.165) is 33.6 Å². The van der Waals surface area contributed by atoms with E-state index in [1.165, 1.54) is 23.5 Å². The fourth-order valence-electron chi connectivity index (χ4n) is 3.02. The lowest BCUT2D eigenvalue weighted by Crippen LogP contribution is -2.15. The topological polar surface area (TPSA) is 73.5 Å². The van der Waals surface area contributed by atoms with Gasteiger partial charge in [0.1, 0.15) is 5.75 Å². The first-order valence-corrected chi connectivity index (χ1v) is 10.7. The largest absolute Gasteiger partial charge is 0.478 e. The minimum Gasteiger partial charge on any atom is -0.478 e. The smallest absolute Gasteiger partial charge is 0.213 e. The molecule has 0 saturated heterocycles. The maximum absolute atomic E-state index is 14.2. The molecule has 8 heteroatoms. The first-order chi connectivity index (χ1) is 15.0. The number of hydrogen-bond acceptors (Lipinski definition) is 7. The van der Waals surface area contributed by atoms with E-state index in [1.807, 2.05) is 32.3 Å². The first kappa shape index (κ1) is 21.0. The van der Waals surface area contributed by atoms with Gasteiger partial charge in [0.15, 0.2) is 11.6 Å². The third-order valence-electron chi connectivity index (χ3n) is 4.57. The number of benzene rings is 1. The third kappa shape index (κ3) is 5.10. The third-order valence-corrected chi connectivity index (χ3v) is 5.76. The van der Waals surface area contributed by atoms with Gasteiger partial charge in [-0.05, 0) is 44.8 Å². The Morgan fingerprint density at radius 1 is 1.06 bits per heavy atom. The number of anilines is 1. The molecule has 0 atom stereocenters. The quantitative estimate of drug-likeness (QED) is 0.301. The molecule has 0 unspecified atom stereocenters. The van der Waals surface area contributed by atoms with Gasteiger partial charge in [-0.1, -0.05) is 0 Å². The maximum atomic E-state index is 14.2. The molecular formula is C23H23FN4O2S. The van der Waals surface area contributed by atoms with E-state index in [9.17, 15) is 4.39 Å². The minimum absolute atomic E-state index is 0.120. The van der Waals surface area contributed by atoms with Crippen LogP contribution in [0, 0.1) is 5.82 Å². The van der Waals surface area contributed by atoms with Gasteiger partial charge in [0.05, 0.1) is 16.8 Å². The molecule has 31 heavy (non-hydrogen) atoms. The van der Waals surface area contributed by atoms with Gasteiger partial charge < -0.3 is 20.1 Å². The van der Waals surface area contributed by atoms with Crippen LogP contribution in [-0.2, 0) is 0 Å². The van der Waals surface area contributed by atoms with E-state index in [1.54, 1.807) is 24.5 Å². The first-order valence-electron chi connectivity index (χ1n) is 9.85. The summed E-state index contributed by atoms with van der Waals surface area (Å²) in [7, 11) is 4.07.